The average Bonchev–Trinajstić information content (AvgIpc) is 3.08. The van der Waals surface area contributed by atoms with E-state index < -0.39 is 0 Å². The Balaban J connectivity index is 0.00000312. The molecule has 0 fully saturated rings. The molecule has 0 radical (unpaired) electrons. The van der Waals surface area contributed by atoms with Crippen LogP contribution in [0.5, 0.6) is 0 Å². The minimum absolute atomic E-state index is 0. The van der Waals surface area contributed by atoms with Crippen LogP contribution in [0.4, 0.5) is 5.82 Å². The SMILES string of the molecule is CN=C(NCc1ccnc(N(C)C)c1)NCC(C)Cc1cccs1.I. The molecule has 2 aromatic heterocycles. The summed E-state index contributed by atoms with van der Waals surface area (Å²) in [4.78, 5) is 12.1. The zero-order valence-electron chi connectivity index (χ0n) is 15.3. The summed E-state index contributed by atoms with van der Waals surface area (Å²) in [6, 6.07) is 8.41. The molecule has 1 atom stereocenters. The number of aromatic nitrogens is 1. The molecule has 0 aliphatic heterocycles. The van der Waals surface area contributed by atoms with E-state index >= 15 is 0 Å². The topological polar surface area (TPSA) is 52.6 Å². The summed E-state index contributed by atoms with van der Waals surface area (Å²) in [5, 5.41) is 8.90. The lowest BCUT2D eigenvalue weighted by molar-refractivity contribution is 0.562. The van der Waals surface area contributed by atoms with E-state index in [0.717, 1.165) is 31.3 Å². The van der Waals surface area contributed by atoms with Gasteiger partial charge in [-0.3, -0.25) is 4.99 Å². The van der Waals surface area contributed by atoms with Crippen LogP contribution in [0.15, 0.2) is 40.8 Å². The van der Waals surface area contributed by atoms with Crippen molar-refractivity contribution in [1.82, 2.24) is 15.6 Å². The minimum Gasteiger partial charge on any atom is -0.363 e. The van der Waals surface area contributed by atoms with Gasteiger partial charge in [0.15, 0.2) is 5.96 Å². The number of hydrogen-bond donors (Lipinski definition) is 2. The molecule has 2 heterocycles. The summed E-state index contributed by atoms with van der Waals surface area (Å²) in [7, 11) is 5.79. The monoisotopic (exact) mass is 473 g/mol. The van der Waals surface area contributed by atoms with Gasteiger partial charge < -0.3 is 15.5 Å². The van der Waals surface area contributed by atoms with Crippen LogP contribution < -0.4 is 15.5 Å². The predicted molar refractivity (Wildman–Crippen MR) is 119 cm³/mol. The lowest BCUT2D eigenvalue weighted by Gasteiger charge is -2.16. The Morgan fingerprint density at radius 3 is 2.76 bits per heavy atom. The number of guanidine groups is 1. The number of nitrogens with one attached hydrogen (secondary N) is 2. The Kier molecular flexibility index (Phi) is 9.81. The fraction of sp³-hybridized carbons (Fsp3) is 0.444. The molecule has 0 spiro atoms. The molecular weight excluding hydrogens is 445 g/mol. The van der Waals surface area contributed by atoms with E-state index in [2.05, 4.69) is 51.1 Å². The van der Waals surface area contributed by atoms with Gasteiger partial charge in [0.1, 0.15) is 5.82 Å². The van der Waals surface area contributed by atoms with Gasteiger partial charge in [0.2, 0.25) is 0 Å². The standard InChI is InChI=1S/C18H27N5S.HI/c1-14(10-16-6-5-9-24-16)12-21-18(19-2)22-13-15-7-8-20-17(11-15)23(3)4;/h5-9,11,14H,10,12-13H2,1-4H3,(H2,19,21,22);1H. The van der Waals surface area contributed by atoms with Crippen molar-refractivity contribution >= 4 is 47.1 Å². The molecule has 7 heteroatoms. The number of halogens is 1. The van der Waals surface area contributed by atoms with Crippen LogP contribution in [0.25, 0.3) is 0 Å². The maximum atomic E-state index is 4.33. The van der Waals surface area contributed by atoms with E-state index in [0.29, 0.717) is 5.92 Å². The Hall–Kier alpha value is -1.35. The number of aliphatic imine (C=N–C) groups is 1. The minimum atomic E-state index is 0. The van der Waals surface area contributed by atoms with Crippen molar-refractivity contribution in [2.75, 3.05) is 32.6 Å². The van der Waals surface area contributed by atoms with Crippen molar-refractivity contribution in [2.45, 2.75) is 19.9 Å². The van der Waals surface area contributed by atoms with Crippen molar-refractivity contribution in [3.63, 3.8) is 0 Å². The Labute approximate surface area is 172 Å². The highest BCUT2D eigenvalue weighted by Gasteiger charge is 2.06. The van der Waals surface area contributed by atoms with Gasteiger partial charge in [-0.05, 0) is 41.5 Å². The third-order valence-electron chi connectivity index (χ3n) is 3.70. The maximum Gasteiger partial charge on any atom is 0.191 e. The molecule has 0 saturated heterocycles. The molecule has 0 bridgehead atoms. The summed E-state index contributed by atoms with van der Waals surface area (Å²) >= 11 is 1.82. The highest BCUT2D eigenvalue weighted by atomic mass is 127. The van der Waals surface area contributed by atoms with Gasteiger partial charge in [-0.1, -0.05) is 13.0 Å². The molecule has 2 aromatic rings. The second-order valence-electron chi connectivity index (χ2n) is 6.11. The molecule has 138 valence electrons. The third kappa shape index (κ3) is 7.60. The number of thiophene rings is 1. The second-order valence-corrected chi connectivity index (χ2v) is 7.14. The first-order valence-electron chi connectivity index (χ1n) is 8.17. The van der Waals surface area contributed by atoms with Crippen LogP contribution in [0.1, 0.15) is 17.4 Å². The van der Waals surface area contributed by atoms with Gasteiger partial charge in [-0.25, -0.2) is 4.98 Å². The van der Waals surface area contributed by atoms with Crippen LogP contribution in [0.3, 0.4) is 0 Å². The van der Waals surface area contributed by atoms with E-state index in [1.165, 1.54) is 10.4 Å². The number of nitrogens with zero attached hydrogens (tertiary/aromatic N) is 3. The lowest BCUT2D eigenvalue weighted by Crippen LogP contribution is -2.39. The number of rotatable bonds is 7. The smallest absolute Gasteiger partial charge is 0.191 e. The molecule has 0 aromatic carbocycles. The lowest BCUT2D eigenvalue weighted by atomic mass is 10.1. The van der Waals surface area contributed by atoms with E-state index in [-0.39, 0.29) is 24.0 Å². The van der Waals surface area contributed by atoms with Crippen LogP contribution in [0, 0.1) is 5.92 Å². The molecule has 0 aliphatic carbocycles. The first-order valence-corrected chi connectivity index (χ1v) is 9.05. The van der Waals surface area contributed by atoms with Gasteiger partial charge >= 0.3 is 0 Å². The van der Waals surface area contributed by atoms with Crippen LogP contribution in [-0.4, -0.2) is 38.6 Å². The molecule has 0 amide bonds. The summed E-state index contributed by atoms with van der Waals surface area (Å²) in [6.45, 7) is 3.88. The second kappa shape index (κ2) is 11.3. The molecule has 1 unspecified atom stereocenters. The quantitative estimate of drug-likeness (QED) is 0.368. The first kappa shape index (κ1) is 21.7. The van der Waals surface area contributed by atoms with Crippen molar-refractivity contribution in [3.05, 3.63) is 46.3 Å². The normalized spacial score (nSPS) is 12.2. The fourth-order valence-electron chi connectivity index (χ4n) is 2.34. The van der Waals surface area contributed by atoms with Crippen molar-refractivity contribution in [2.24, 2.45) is 10.9 Å². The summed E-state index contributed by atoms with van der Waals surface area (Å²) in [5.74, 6) is 2.35. The van der Waals surface area contributed by atoms with E-state index in [1.807, 2.05) is 42.6 Å². The van der Waals surface area contributed by atoms with Crippen molar-refractivity contribution in [3.8, 4) is 0 Å². The molecule has 2 N–H and O–H groups in total. The molecule has 25 heavy (non-hydrogen) atoms. The number of pyridine rings is 1. The Bertz CT molecular complexity index is 643. The summed E-state index contributed by atoms with van der Waals surface area (Å²) < 4.78 is 0. The van der Waals surface area contributed by atoms with Crippen molar-refractivity contribution in [1.29, 1.82) is 0 Å². The summed E-state index contributed by atoms with van der Waals surface area (Å²) in [5.41, 5.74) is 1.18. The molecule has 0 saturated carbocycles. The highest BCUT2D eigenvalue weighted by Crippen LogP contribution is 2.13. The van der Waals surface area contributed by atoms with Crippen molar-refractivity contribution < 1.29 is 0 Å². The number of anilines is 1. The zero-order chi connectivity index (χ0) is 17.4. The Morgan fingerprint density at radius 2 is 2.12 bits per heavy atom. The van der Waals surface area contributed by atoms with Crippen LogP contribution in [0.2, 0.25) is 0 Å². The van der Waals surface area contributed by atoms with Crippen LogP contribution in [-0.2, 0) is 13.0 Å². The van der Waals surface area contributed by atoms with Gasteiger partial charge in [0.05, 0.1) is 0 Å². The first-order chi connectivity index (χ1) is 11.6. The van der Waals surface area contributed by atoms with Gasteiger partial charge in [0, 0.05) is 45.3 Å². The molecule has 2 rings (SSSR count). The summed E-state index contributed by atoms with van der Waals surface area (Å²) in [6.07, 6.45) is 2.93. The van der Waals surface area contributed by atoms with E-state index in [1.54, 1.807) is 7.05 Å². The molecule has 0 aliphatic rings. The number of hydrogen-bond acceptors (Lipinski definition) is 4. The van der Waals surface area contributed by atoms with E-state index in [9.17, 15) is 0 Å². The largest absolute Gasteiger partial charge is 0.363 e. The van der Waals surface area contributed by atoms with Gasteiger partial charge in [-0.2, -0.15) is 0 Å². The average molecular weight is 473 g/mol. The fourth-order valence-corrected chi connectivity index (χ4v) is 3.21. The third-order valence-corrected chi connectivity index (χ3v) is 4.60. The molecular formula is C18H28IN5S. The van der Waals surface area contributed by atoms with Gasteiger partial charge in [-0.15, -0.1) is 35.3 Å². The van der Waals surface area contributed by atoms with E-state index in [4.69, 9.17) is 0 Å². The highest BCUT2D eigenvalue weighted by molar-refractivity contribution is 14.0. The predicted octanol–water partition coefficient (Wildman–Crippen LogP) is 3.37. The maximum absolute atomic E-state index is 4.33. The zero-order valence-corrected chi connectivity index (χ0v) is 18.5. The van der Waals surface area contributed by atoms with Crippen LogP contribution >= 0.6 is 35.3 Å². The van der Waals surface area contributed by atoms with Gasteiger partial charge in [0.25, 0.3) is 0 Å². The molecule has 5 nitrogen and oxygen atoms in total. The Morgan fingerprint density at radius 1 is 1.32 bits per heavy atom.